The molecule has 0 radical (unpaired) electrons. The Bertz CT molecular complexity index is 281. The molecule has 0 saturated carbocycles. The quantitative estimate of drug-likeness (QED) is 0.737. The van der Waals surface area contributed by atoms with E-state index in [1.165, 1.54) is 5.56 Å². The number of aromatic nitrogens is 1. The van der Waals surface area contributed by atoms with Gasteiger partial charge in [-0.3, -0.25) is 4.98 Å². The van der Waals surface area contributed by atoms with Crippen molar-refractivity contribution >= 4 is 0 Å². The summed E-state index contributed by atoms with van der Waals surface area (Å²) in [4.78, 5) is 3.99. The summed E-state index contributed by atoms with van der Waals surface area (Å²) >= 11 is 0. The van der Waals surface area contributed by atoms with Gasteiger partial charge in [-0.1, -0.05) is 0 Å². The third-order valence-electron chi connectivity index (χ3n) is 3.00. The van der Waals surface area contributed by atoms with Crippen LogP contribution < -0.4 is 5.32 Å². The molecule has 1 aromatic heterocycles. The Kier molecular flexibility index (Phi) is 2.79. The summed E-state index contributed by atoms with van der Waals surface area (Å²) in [7, 11) is 0. The summed E-state index contributed by atoms with van der Waals surface area (Å²) in [6.07, 6.45) is 5.62. The van der Waals surface area contributed by atoms with Gasteiger partial charge in [-0.15, -0.1) is 0 Å². The number of aliphatic hydroxyl groups excluding tert-OH is 1. The molecular formula is C11H16N2O. The van der Waals surface area contributed by atoms with Crippen molar-refractivity contribution in [3.8, 4) is 0 Å². The molecule has 2 N–H and O–H groups in total. The molecule has 1 saturated heterocycles. The summed E-state index contributed by atoms with van der Waals surface area (Å²) < 4.78 is 0. The Balaban J connectivity index is 2.08. The molecule has 1 aromatic rings. The van der Waals surface area contributed by atoms with E-state index in [2.05, 4.69) is 10.3 Å². The number of nitrogens with zero attached hydrogens (tertiary/aromatic N) is 1. The van der Waals surface area contributed by atoms with Gasteiger partial charge in [0.05, 0.1) is 6.61 Å². The molecule has 0 bridgehead atoms. The van der Waals surface area contributed by atoms with Crippen molar-refractivity contribution in [2.45, 2.75) is 12.8 Å². The Morgan fingerprint density at radius 3 is 2.79 bits per heavy atom. The predicted molar refractivity (Wildman–Crippen MR) is 54.9 cm³/mol. The zero-order chi connectivity index (χ0) is 9.86. The van der Waals surface area contributed by atoms with E-state index in [0.717, 1.165) is 25.9 Å². The fraction of sp³-hybridized carbons (Fsp3) is 0.545. The van der Waals surface area contributed by atoms with E-state index in [-0.39, 0.29) is 12.0 Å². The smallest absolute Gasteiger partial charge is 0.0503 e. The molecule has 3 nitrogen and oxygen atoms in total. The second-order valence-corrected chi connectivity index (χ2v) is 4.12. The number of aliphatic hydroxyl groups is 1. The van der Waals surface area contributed by atoms with Crippen molar-refractivity contribution in [3.05, 3.63) is 30.1 Å². The highest BCUT2D eigenvalue weighted by molar-refractivity contribution is 5.13. The highest BCUT2D eigenvalue weighted by Crippen LogP contribution is 2.28. The van der Waals surface area contributed by atoms with Gasteiger partial charge in [0.1, 0.15) is 0 Å². The third kappa shape index (κ3) is 1.94. The standard InChI is InChI=1S/C11H16N2O/c14-9-11(3-6-13-8-11)7-10-1-4-12-5-2-10/h1-2,4-5,13-14H,3,6-9H2. The lowest BCUT2D eigenvalue weighted by atomic mass is 9.82. The molecule has 1 atom stereocenters. The minimum absolute atomic E-state index is 0.0569. The second kappa shape index (κ2) is 4.07. The van der Waals surface area contributed by atoms with Gasteiger partial charge in [0.25, 0.3) is 0 Å². The van der Waals surface area contributed by atoms with Crippen molar-refractivity contribution in [3.63, 3.8) is 0 Å². The van der Waals surface area contributed by atoms with Gasteiger partial charge in [-0.05, 0) is 37.1 Å². The molecule has 3 heteroatoms. The SMILES string of the molecule is OCC1(Cc2ccncc2)CCNC1. The normalized spacial score (nSPS) is 26.6. The van der Waals surface area contributed by atoms with Crippen LogP contribution >= 0.6 is 0 Å². The van der Waals surface area contributed by atoms with E-state index >= 15 is 0 Å². The Morgan fingerprint density at radius 1 is 1.43 bits per heavy atom. The number of pyridine rings is 1. The first-order valence-corrected chi connectivity index (χ1v) is 5.05. The Labute approximate surface area is 84.2 Å². The van der Waals surface area contributed by atoms with Gasteiger partial charge < -0.3 is 10.4 Å². The maximum Gasteiger partial charge on any atom is 0.0503 e. The first kappa shape index (κ1) is 9.62. The van der Waals surface area contributed by atoms with Gasteiger partial charge >= 0.3 is 0 Å². The van der Waals surface area contributed by atoms with E-state index in [1.807, 2.05) is 24.5 Å². The van der Waals surface area contributed by atoms with Crippen LogP contribution in [0.15, 0.2) is 24.5 Å². The lowest BCUT2D eigenvalue weighted by Crippen LogP contribution is -2.30. The highest BCUT2D eigenvalue weighted by Gasteiger charge is 2.32. The van der Waals surface area contributed by atoms with Gasteiger partial charge in [0.15, 0.2) is 0 Å². The molecule has 0 spiro atoms. The molecule has 2 rings (SSSR count). The molecule has 0 amide bonds. The molecule has 1 aliphatic rings. The van der Waals surface area contributed by atoms with Gasteiger partial charge in [0, 0.05) is 24.4 Å². The van der Waals surface area contributed by atoms with Crippen molar-refractivity contribution in [1.29, 1.82) is 0 Å². The summed E-state index contributed by atoms with van der Waals surface area (Å²) in [6.45, 7) is 2.21. The minimum Gasteiger partial charge on any atom is -0.396 e. The lowest BCUT2D eigenvalue weighted by molar-refractivity contribution is 0.143. The second-order valence-electron chi connectivity index (χ2n) is 4.12. The zero-order valence-corrected chi connectivity index (χ0v) is 8.24. The maximum atomic E-state index is 9.42. The van der Waals surface area contributed by atoms with E-state index in [1.54, 1.807) is 0 Å². The Morgan fingerprint density at radius 2 is 2.21 bits per heavy atom. The molecule has 0 aliphatic carbocycles. The third-order valence-corrected chi connectivity index (χ3v) is 3.00. The number of rotatable bonds is 3. The molecule has 1 fully saturated rings. The van der Waals surface area contributed by atoms with Crippen LogP contribution in [-0.4, -0.2) is 29.8 Å². The van der Waals surface area contributed by atoms with Crippen LogP contribution in [0.5, 0.6) is 0 Å². The fourth-order valence-electron chi connectivity index (χ4n) is 2.07. The summed E-state index contributed by atoms with van der Waals surface area (Å²) in [5, 5.41) is 12.7. The molecule has 14 heavy (non-hydrogen) atoms. The van der Waals surface area contributed by atoms with Crippen LogP contribution in [-0.2, 0) is 6.42 Å². The topological polar surface area (TPSA) is 45.2 Å². The molecule has 0 aromatic carbocycles. The van der Waals surface area contributed by atoms with Crippen LogP contribution in [0.4, 0.5) is 0 Å². The number of hydrogen-bond donors (Lipinski definition) is 2. The minimum atomic E-state index is 0.0569. The van der Waals surface area contributed by atoms with Gasteiger partial charge in [-0.2, -0.15) is 0 Å². The fourth-order valence-corrected chi connectivity index (χ4v) is 2.07. The first-order valence-electron chi connectivity index (χ1n) is 5.05. The van der Waals surface area contributed by atoms with Crippen LogP contribution in [0.25, 0.3) is 0 Å². The van der Waals surface area contributed by atoms with E-state index in [0.29, 0.717) is 0 Å². The largest absolute Gasteiger partial charge is 0.396 e. The number of hydrogen-bond acceptors (Lipinski definition) is 3. The van der Waals surface area contributed by atoms with Crippen molar-refractivity contribution in [2.75, 3.05) is 19.7 Å². The van der Waals surface area contributed by atoms with E-state index in [4.69, 9.17) is 0 Å². The molecule has 76 valence electrons. The van der Waals surface area contributed by atoms with Gasteiger partial charge in [-0.25, -0.2) is 0 Å². The van der Waals surface area contributed by atoms with Crippen LogP contribution in [0.3, 0.4) is 0 Å². The van der Waals surface area contributed by atoms with E-state index < -0.39 is 0 Å². The van der Waals surface area contributed by atoms with Crippen LogP contribution in [0.1, 0.15) is 12.0 Å². The molecule has 2 heterocycles. The van der Waals surface area contributed by atoms with Crippen molar-refractivity contribution in [1.82, 2.24) is 10.3 Å². The Hall–Kier alpha value is -0.930. The lowest BCUT2D eigenvalue weighted by Gasteiger charge is -2.25. The summed E-state index contributed by atoms with van der Waals surface area (Å²) in [6, 6.07) is 4.05. The number of nitrogens with one attached hydrogen (secondary N) is 1. The van der Waals surface area contributed by atoms with Crippen LogP contribution in [0.2, 0.25) is 0 Å². The average molecular weight is 192 g/mol. The summed E-state index contributed by atoms with van der Waals surface area (Å²) in [5.41, 5.74) is 1.32. The zero-order valence-electron chi connectivity index (χ0n) is 8.24. The van der Waals surface area contributed by atoms with E-state index in [9.17, 15) is 5.11 Å². The predicted octanol–water partition coefficient (Wildman–Crippen LogP) is 0.596. The maximum absolute atomic E-state index is 9.42. The highest BCUT2D eigenvalue weighted by atomic mass is 16.3. The monoisotopic (exact) mass is 192 g/mol. The molecule has 1 aliphatic heterocycles. The van der Waals surface area contributed by atoms with Crippen LogP contribution in [0, 0.1) is 5.41 Å². The molecule has 1 unspecified atom stereocenters. The first-order chi connectivity index (χ1) is 6.85. The molecular weight excluding hydrogens is 176 g/mol. The van der Waals surface area contributed by atoms with Crippen molar-refractivity contribution < 1.29 is 5.11 Å². The average Bonchev–Trinajstić information content (AvgIpc) is 2.69. The van der Waals surface area contributed by atoms with Gasteiger partial charge in [0.2, 0.25) is 0 Å². The summed E-state index contributed by atoms with van der Waals surface area (Å²) in [5.74, 6) is 0. The van der Waals surface area contributed by atoms with Crippen molar-refractivity contribution in [2.24, 2.45) is 5.41 Å².